The van der Waals surface area contributed by atoms with Gasteiger partial charge >= 0.3 is 6.09 Å². The van der Waals surface area contributed by atoms with Crippen LogP contribution >= 0.6 is 0 Å². The van der Waals surface area contributed by atoms with Crippen LogP contribution in [0.4, 0.5) is 19.3 Å². The van der Waals surface area contributed by atoms with Crippen molar-refractivity contribution < 1.29 is 23.4 Å². The van der Waals surface area contributed by atoms with Gasteiger partial charge in [0.05, 0.1) is 11.3 Å². The number of ether oxygens (including phenoxy) is 1. The average molecular weight is 327 g/mol. The van der Waals surface area contributed by atoms with Crippen LogP contribution in [0, 0.1) is 11.6 Å². The van der Waals surface area contributed by atoms with Crippen LogP contribution in [-0.4, -0.2) is 16.8 Å². The van der Waals surface area contributed by atoms with Gasteiger partial charge in [0.15, 0.2) is 11.6 Å². The van der Waals surface area contributed by atoms with Gasteiger partial charge in [-0.1, -0.05) is 19.3 Å². The number of anilines is 1. The number of aliphatic hydroxyl groups is 1. The first kappa shape index (κ1) is 17.7. The fraction of sp³-hybridized carbons (Fsp3) is 0.588. The van der Waals surface area contributed by atoms with Gasteiger partial charge in [-0.25, -0.2) is 13.6 Å². The monoisotopic (exact) mass is 327 g/mol. The predicted molar refractivity (Wildman–Crippen MR) is 83.2 cm³/mol. The molecule has 1 aliphatic rings. The van der Waals surface area contributed by atoms with Crippen LogP contribution in [0.2, 0.25) is 0 Å². The first-order valence-electron chi connectivity index (χ1n) is 7.83. The molecule has 1 aliphatic carbocycles. The van der Waals surface area contributed by atoms with Crippen molar-refractivity contribution in [2.24, 2.45) is 0 Å². The Balaban J connectivity index is 2.36. The van der Waals surface area contributed by atoms with Gasteiger partial charge in [0.25, 0.3) is 0 Å². The summed E-state index contributed by atoms with van der Waals surface area (Å²) in [5.74, 6) is -2.17. The first-order chi connectivity index (χ1) is 10.6. The minimum absolute atomic E-state index is 0.0440. The zero-order valence-electron chi connectivity index (χ0n) is 13.7. The van der Waals surface area contributed by atoms with Crippen LogP contribution in [0.3, 0.4) is 0 Å². The summed E-state index contributed by atoms with van der Waals surface area (Å²) in [6.07, 6.45) is 2.27. The van der Waals surface area contributed by atoms with Gasteiger partial charge in [0, 0.05) is 5.56 Å². The normalized spacial score (nSPS) is 17.7. The number of carbonyl (C=O) groups is 1. The molecule has 1 fully saturated rings. The van der Waals surface area contributed by atoms with E-state index < -0.39 is 28.9 Å². The second-order valence-corrected chi connectivity index (χ2v) is 7.00. The van der Waals surface area contributed by atoms with Gasteiger partial charge in [-0.3, -0.25) is 5.32 Å². The van der Waals surface area contributed by atoms with E-state index >= 15 is 0 Å². The average Bonchev–Trinajstić information content (AvgIpc) is 2.41. The van der Waals surface area contributed by atoms with Crippen molar-refractivity contribution in [1.29, 1.82) is 0 Å². The van der Waals surface area contributed by atoms with Crippen LogP contribution in [0.1, 0.15) is 58.4 Å². The summed E-state index contributed by atoms with van der Waals surface area (Å²) in [6, 6.07) is 2.18. The van der Waals surface area contributed by atoms with Crippen LogP contribution < -0.4 is 5.32 Å². The highest BCUT2D eigenvalue weighted by Crippen LogP contribution is 2.42. The number of amides is 1. The Morgan fingerprint density at radius 3 is 2.39 bits per heavy atom. The van der Waals surface area contributed by atoms with Crippen LogP contribution in [0.15, 0.2) is 12.1 Å². The lowest BCUT2D eigenvalue weighted by Crippen LogP contribution is -2.33. The number of hydrogen-bond acceptors (Lipinski definition) is 3. The summed E-state index contributed by atoms with van der Waals surface area (Å²) in [4.78, 5) is 11.9. The Kier molecular flexibility index (Phi) is 4.94. The topological polar surface area (TPSA) is 58.6 Å². The van der Waals surface area contributed by atoms with Crippen molar-refractivity contribution in [2.45, 2.75) is 64.1 Å². The van der Waals surface area contributed by atoms with E-state index in [4.69, 9.17) is 4.74 Å². The summed E-state index contributed by atoms with van der Waals surface area (Å²) < 4.78 is 33.2. The van der Waals surface area contributed by atoms with E-state index in [1.54, 1.807) is 20.8 Å². The van der Waals surface area contributed by atoms with Gasteiger partial charge in [-0.05, 0) is 45.7 Å². The first-order valence-corrected chi connectivity index (χ1v) is 7.83. The van der Waals surface area contributed by atoms with E-state index in [1.807, 2.05) is 0 Å². The van der Waals surface area contributed by atoms with Crippen molar-refractivity contribution in [2.75, 3.05) is 5.32 Å². The largest absolute Gasteiger partial charge is 0.444 e. The van der Waals surface area contributed by atoms with Crippen molar-refractivity contribution in [3.05, 3.63) is 29.3 Å². The number of carbonyl (C=O) groups excluding carboxylic acids is 1. The van der Waals surface area contributed by atoms with Crippen LogP contribution in [0.5, 0.6) is 0 Å². The van der Waals surface area contributed by atoms with Crippen molar-refractivity contribution >= 4 is 11.8 Å². The maximum Gasteiger partial charge on any atom is 0.412 e. The molecule has 6 heteroatoms. The SMILES string of the molecule is CC(C)(C)OC(=O)Nc1ccc(F)c(F)c1C1(O)CCCCC1. The summed E-state index contributed by atoms with van der Waals surface area (Å²) in [5, 5.41) is 13.2. The Morgan fingerprint density at radius 1 is 1.22 bits per heavy atom. The minimum Gasteiger partial charge on any atom is -0.444 e. The molecule has 0 saturated heterocycles. The van der Waals surface area contributed by atoms with Gasteiger partial charge in [0.2, 0.25) is 0 Å². The van der Waals surface area contributed by atoms with E-state index in [0.717, 1.165) is 25.3 Å². The summed E-state index contributed by atoms with van der Waals surface area (Å²) in [6.45, 7) is 5.11. The Morgan fingerprint density at radius 2 is 1.83 bits per heavy atom. The molecule has 0 heterocycles. The zero-order valence-corrected chi connectivity index (χ0v) is 13.7. The lowest BCUT2D eigenvalue weighted by molar-refractivity contribution is -0.00361. The molecule has 0 aliphatic heterocycles. The molecule has 1 aromatic rings. The Labute approximate surface area is 134 Å². The number of rotatable bonds is 2. The maximum atomic E-state index is 14.4. The molecule has 1 saturated carbocycles. The lowest BCUT2D eigenvalue weighted by atomic mass is 9.78. The van der Waals surface area contributed by atoms with Gasteiger partial charge in [-0.15, -0.1) is 0 Å². The Hall–Kier alpha value is -1.69. The maximum absolute atomic E-state index is 14.4. The van der Waals surface area contributed by atoms with Crippen molar-refractivity contribution in [3.63, 3.8) is 0 Å². The van der Waals surface area contributed by atoms with E-state index in [1.165, 1.54) is 6.07 Å². The van der Waals surface area contributed by atoms with Crippen molar-refractivity contribution in [3.8, 4) is 0 Å². The molecule has 0 radical (unpaired) electrons. The molecule has 23 heavy (non-hydrogen) atoms. The zero-order chi connectivity index (χ0) is 17.3. The fourth-order valence-corrected chi connectivity index (χ4v) is 2.91. The molecule has 0 spiro atoms. The van der Waals surface area contributed by atoms with Crippen LogP contribution in [-0.2, 0) is 10.3 Å². The summed E-state index contributed by atoms with van der Waals surface area (Å²) in [5.41, 5.74) is -2.34. The highest BCUT2D eigenvalue weighted by molar-refractivity contribution is 5.86. The third-order valence-electron chi connectivity index (χ3n) is 3.88. The molecule has 1 amide bonds. The highest BCUT2D eigenvalue weighted by Gasteiger charge is 2.37. The lowest BCUT2D eigenvalue weighted by Gasteiger charge is -2.34. The molecule has 0 aromatic heterocycles. The molecular formula is C17H23F2NO3. The number of hydrogen-bond donors (Lipinski definition) is 2. The molecule has 2 rings (SSSR count). The molecule has 0 atom stereocenters. The molecule has 4 nitrogen and oxygen atoms in total. The van der Waals surface area contributed by atoms with Crippen molar-refractivity contribution in [1.82, 2.24) is 0 Å². The van der Waals surface area contributed by atoms with Gasteiger partial charge < -0.3 is 9.84 Å². The fourth-order valence-electron chi connectivity index (χ4n) is 2.91. The molecule has 128 valence electrons. The van der Waals surface area contributed by atoms with Gasteiger partial charge in [-0.2, -0.15) is 0 Å². The standard InChI is InChI=1S/C17H23F2NO3/c1-16(2,3)23-15(21)20-12-8-7-11(18)14(19)13(12)17(22)9-5-4-6-10-17/h7-8,22H,4-6,9-10H2,1-3H3,(H,20,21). The minimum atomic E-state index is -1.48. The van der Waals surface area contributed by atoms with Gasteiger partial charge in [0.1, 0.15) is 5.60 Å². The third kappa shape index (κ3) is 4.19. The second kappa shape index (κ2) is 6.43. The molecule has 0 bridgehead atoms. The van der Waals surface area contributed by atoms with E-state index in [0.29, 0.717) is 12.8 Å². The summed E-state index contributed by atoms with van der Waals surface area (Å²) >= 11 is 0. The smallest absolute Gasteiger partial charge is 0.412 e. The van der Waals surface area contributed by atoms with E-state index in [2.05, 4.69) is 5.32 Å². The van der Waals surface area contributed by atoms with Crippen LogP contribution in [0.25, 0.3) is 0 Å². The summed E-state index contributed by atoms with van der Waals surface area (Å²) in [7, 11) is 0. The number of benzene rings is 1. The molecule has 1 aromatic carbocycles. The Bertz CT molecular complexity index is 590. The van der Waals surface area contributed by atoms with E-state index in [9.17, 15) is 18.7 Å². The molecule has 2 N–H and O–H groups in total. The number of nitrogens with one attached hydrogen (secondary N) is 1. The highest BCUT2D eigenvalue weighted by atomic mass is 19.2. The second-order valence-electron chi connectivity index (χ2n) is 7.00. The number of halogens is 2. The van der Waals surface area contributed by atoms with E-state index in [-0.39, 0.29) is 11.3 Å². The molecular weight excluding hydrogens is 304 g/mol. The third-order valence-corrected chi connectivity index (χ3v) is 3.88. The molecule has 0 unspecified atom stereocenters. The predicted octanol–water partition coefficient (Wildman–Crippen LogP) is 4.46. The quantitative estimate of drug-likeness (QED) is 0.843.